The van der Waals surface area contributed by atoms with Gasteiger partial charge in [0.1, 0.15) is 0 Å². The number of furan rings is 1. The van der Waals surface area contributed by atoms with E-state index >= 15 is 0 Å². The molecule has 0 fully saturated rings. The first-order valence-electron chi connectivity index (χ1n) is 6.30. The maximum Gasteiger partial charge on any atom is 0.294 e. The Labute approximate surface area is 107 Å². The molecule has 100 valence electrons. The van der Waals surface area contributed by atoms with Gasteiger partial charge >= 0.3 is 0 Å². The number of hydrogen-bond acceptors (Lipinski definition) is 4. The number of carbonyl (C=O) groups excluding carboxylic acids is 1. The Hall–Kier alpha value is -1.78. The predicted octanol–water partition coefficient (Wildman–Crippen LogP) is 2.59. The molecule has 1 amide bonds. The summed E-state index contributed by atoms with van der Waals surface area (Å²) >= 11 is 0. The van der Waals surface area contributed by atoms with E-state index in [4.69, 9.17) is 9.15 Å². The Bertz CT molecular complexity index is 372. The van der Waals surface area contributed by atoms with E-state index < -0.39 is 0 Å². The van der Waals surface area contributed by atoms with E-state index in [1.807, 2.05) is 6.92 Å². The highest BCUT2D eigenvalue weighted by Crippen LogP contribution is 1.99. The van der Waals surface area contributed by atoms with E-state index in [1.54, 1.807) is 12.1 Å². The van der Waals surface area contributed by atoms with Crippen LogP contribution >= 0.6 is 0 Å². The Morgan fingerprint density at radius 2 is 2.28 bits per heavy atom. The maximum absolute atomic E-state index is 11.7. The van der Waals surface area contributed by atoms with E-state index in [0.717, 1.165) is 19.3 Å². The second-order valence-corrected chi connectivity index (χ2v) is 3.82. The SMILES string of the molecule is CCCCN=C(NC(=O)c1ccco1)OCCC. The van der Waals surface area contributed by atoms with Crippen LogP contribution in [0, 0.1) is 0 Å². The summed E-state index contributed by atoms with van der Waals surface area (Å²) in [6.07, 6.45) is 4.34. The zero-order chi connectivity index (χ0) is 13.2. The summed E-state index contributed by atoms with van der Waals surface area (Å²) in [7, 11) is 0. The van der Waals surface area contributed by atoms with Crippen molar-refractivity contribution in [3.8, 4) is 0 Å². The van der Waals surface area contributed by atoms with Crippen LogP contribution in [-0.4, -0.2) is 25.1 Å². The number of rotatable bonds is 6. The number of nitrogens with one attached hydrogen (secondary N) is 1. The minimum absolute atomic E-state index is 0.248. The molecule has 0 atom stereocenters. The van der Waals surface area contributed by atoms with Gasteiger partial charge < -0.3 is 9.15 Å². The van der Waals surface area contributed by atoms with Gasteiger partial charge in [0.2, 0.25) is 0 Å². The molecule has 0 aliphatic carbocycles. The molecule has 1 aromatic heterocycles. The van der Waals surface area contributed by atoms with Crippen LogP contribution in [-0.2, 0) is 4.74 Å². The van der Waals surface area contributed by atoms with E-state index in [9.17, 15) is 4.79 Å². The summed E-state index contributed by atoms with van der Waals surface area (Å²) in [4.78, 5) is 16.0. The molecule has 1 N–H and O–H groups in total. The molecule has 1 heterocycles. The average Bonchev–Trinajstić information content (AvgIpc) is 2.89. The lowest BCUT2D eigenvalue weighted by atomic mass is 10.3. The van der Waals surface area contributed by atoms with Crippen LogP contribution in [0.5, 0.6) is 0 Å². The molecule has 0 aliphatic heterocycles. The highest BCUT2D eigenvalue weighted by molar-refractivity contribution is 6.02. The van der Waals surface area contributed by atoms with E-state index in [0.29, 0.717) is 13.2 Å². The van der Waals surface area contributed by atoms with Crippen molar-refractivity contribution in [2.24, 2.45) is 4.99 Å². The van der Waals surface area contributed by atoms with Crippen molar-refractivity contribution >= 4 is 11.9 Å². The number of unbranched alkanes of at least 4 members (excludes halogenated alkanes) is 1. The third-order valence-electron chi connectivity index (χ3n) is 2.18. The van der Waals surface area contributed by atoms with Gasteiger partial charge in [-0.05, 0) is 25.0 Å². The molecular formula is C13H20N2O3. The molecule has 0 saturated heterocycles. The summed E-state index contributed by atoms with van der Waals surface area (Å²) in [5.74, 6) is -0.0929. The van der Waals surface area contributed by atoms with Gasteiger partial charge in [-0.1, -0.05) is 20.3 Å². The van der Waals surface area contributed by atoms with E-state index in [2.05, 4.69) is 17.2 Å². The van der Waals surface area contributed by atoms with Gasteiger partial charge in [-0.15, -0.1) is 0 Å². The lowest BCUT2D eigenvalue weighted by Gasteiger charge is -2.08. The van der Waals surface area contributed by atoms with Crippen LogP contribution in [0.1, 0.15) is 43.7 Å². The highest BCUT2D eigenvalue weighted by atomic mass is 16.5. The largest absolute Gasteiger partial charge is 0.465 e. The number of aliphatic imine (C=N–C) groups is 1. The summed E-state index contributed by atoms with van der Waals surface area (Å²) in [6, 6.07) is 3.53. The first-order valence-corrected chi connectivity index (χ1v) is 6.30. The van der Waals surface area contributed by atoms with Gasteiger partial charge in [-0.25, -0.2) is 4.99 Å². The number of hydrogen-bond donors (Lipinski definition) is 1. The van der Waals surface area contributed by atoms with Crippen LogP contribution in [0.4, 0.5) is 0 Å². The van der Waals surface area contributed by atoms with Crippen molar-refractivity contribution in [2.75, 3.05) is 13.2 Å². The monoisotopic (exact) mass is 252 g/mol. The molecule has 0 aromatic carbocycles. The first-order chi connectivity index (χ1) is 8.77. The normalized spacial score (nSPS) is 11.3. The number of carbonyl (C=O) groups is 1. The highest BCUT2D eigenvalue weighted by Gasteiger charge is 2.11. The number of nitrogens with zero attached hydrogens (tertiary/aromatic N) is 1. The van der Waals surface area contributed by atoms with E-state index in [-0.39, 0.29) is 17.7 Å². The molecule has 5 nitrogen and oxygen atoms in total. The molecule has 5 heteroatoms. The van der Waals surface area contributed by atoms with Gasteiger partial charge in [0.05, 0.1) is 12.9 Å². The minimum atomic E-state index is -0.341. The Morgan fingerprint density at radius 3 is 2.89 bits per heavy atom. The molecule has 0 spiro atoms. The quantitative estimate of drug-likeness (QED) is 0.481. The Balaban J connectivity index is 2.54. The number of amidine groups is 1. The Morgan fingerprint density at radius 1 is 1.44 bits per heavy atom. The van der Waals surface area contributed by atoms with Crippen molar-refractivity contribution < 1.29 is 13.9 Å². The fraction of sp³-hybridized carbons (Fsp3) is 0.538. The first kappa shape index (κ1) is 14.3. The molecule has 1 aromatic rings. The summed E-state index contributed by atoms with van der Waals surface area (Å²) in [6.45, 7) is 5.26. The van der Waals surface area contributed by atoms with E-state index in [1.165, 1.54) is 6.26 Å². The van der Waals surface area contributed by atoms with Crippen molar-refractivity contribution in [3.05, 3.63) is 24.2 Å². The second-order valence-electron chi connectivity index (χ2n) is 3.82. The topological polar surface area (TPSA) is 63.8 Å². The molecule has 0 unspecified atom stereocenters. The van der Waals surface area contributed by atoms with Crippen LogP contribution in [0.2, 0.25) is 0 Å². The van der Waals surface area contributed by atoms with Gasteiger partial charge in [0.15, 0.2) is 5.76 Å². The zero-order valence-corrected chi connectivity index (χ0v) is 10.9. The van der Waals surface area contributed by atoms with Crippen LogP contribution in [0.3, 0.4) is 0 Å². The molecule has 0 saturated carbocycles. The smallest absolute Gasteiger partial charge is 0.294 e. The molecule has 18 heavy (non-hydrogen) atoms. The summed E-state index contributed by atoms with van der Waals surface area (Å²) < 4.78 is 10.4. The van der Waals surface area contributed by atoms with Gasteiger partial charge in [-0.3, -0.25) is 10.1 Å². The predicted molar refractivity (Wildman–Crippen MR) is 69.6 cm³/mol. The van der Waals surface area contributed by atoms with Crippen LogP contribution in [0.25, 0.3) is 0 Å². The lowest BCUT2D eigenvalue weighted by Crippen LogP contribution is -2.32. The maximum atomic E-state index is 11.7. The molecular weight excluding hydrogens is 232 g/mol. The van der Waals surface area contributed by atoms with Gasteiger partial charge in [-0.2, -0.15) is 0 Å². The number of ether oxygens (including phenoxy) is 1. The van der Waals surface area contributed by atoms with Crippen LogP contribution in [0.15, 0.2) is 27.8 Å². The molecule has 1 rings (SSSR count). The fourth-order valence-electron chi connectivity index (χ4n) is 1.23. The summed E-state index contributed by atoms with van der Waals surface area (Å²) in [5, 5.41) is 2.61. The average molecular weight is 252 g/mol. The standard InChI is InChI=1S/C13H20N2O3/c1-3-5-8-14-13(18-9-4-2)15-12(16)11-7-6-10-17-11/h6-7,10H,3-5,8-9H2,1-2H3,(H,14,15,16). The number of amides is 1. The van der Waals surface area contributed by atoms with Gasteiger partial charge in [0, 0.05) is 6.54 Å². The third kappa shape index (κ3) is 5.03. The molecule has 0 bridgehead atoms. The Kier molecular flexibility index (Phi) is 6.61. The van der Waals surface area contributed by atoms with Crippen LogP contribution < -0.4 is 5.32 Å². The van der Waals surface area contributed by atoms with Crippen molar-refractivity contribution in [2.45, 2.75) is 33.1 Å². The second kappa shape index (κ2) is 8.33. The van der Waals surface area contributed by atoms with Crippen molar-refractivity contribution in [1.82, 2.24) is 5.32 Å². The minimum Gasteiger partial charge on any atom is -0.465 e. The summed E-state index contributed by atoms with van der Waals surface area (Å²) in [5.41, 5.74) is 0. The lowest BCUT2D eigenvalue weighted by molar-refractivity contribution is 0.0938. The third-order valence-corrected chi connectivity index (χ3v) is 2.18. The van der Waals surface area contributed by atoms with Crippen molar-refractivity contribution in [3.63, 3.8) is 0 Å². The molecule has 0 radical (unpaired) electrons. The fourth-order valence-corrected chi connectivity index (χ4v) is 1.23. The van der Waals surface area contributed by atoms with Gasteiger partial charge in [0.25, 0.3) is 11.9 Å². The van der Waals surface area contributed by atoms with Crippen molar-refractivity contribution in [1.29, 1.82) is 0 Å². The zero-order valence-electron chi connectivity index (χ0n) is 10.9. The molecule has 0 aliphatic rings.